The summed E-state index contributed by atoms with van der Waals surface area (Å²) in [5, 5.41) is 0.400. The Balaban J connectivity index is 5.63. The van der Waals surface area contributed by atoms with Crippen LogP contribution < -0.4 is 0 Å². The summed E-state index contributed by atoms with van der Waals surface area (Å²) >= 11 is 0. The Bertz CT molecular complexity index is 221. The fourth-order valence-electron chi connectivity index (χ4n) is 2.66. The molecule has 0 bridgehead atoms. The maximum Gasteiger partial charge on any atom is 0.0148 e. The Labute approximate surface area is 107 Å². The molecule has 0 nitrogen and oxygen atoms in total. The van der Waals surface area contributed by atoms with Crippen molar-refractivity contribution in [1.29, 1.82) is 0 Å². The Kier molecular flexibility index (Phi) is 4.75. The zero-order chi connectivity index (χ0) is 13.6. The first-order valence-electron chi connectivity index (χ1n) is 6.18. The summed E-state index contributed by atoms with van der Waals surface area (Å²) in [6.07, 6.45) is 0. The maximum absolute atomic E-state index is 3.24. The zero-order valence-electron chi connectivity index (χ0n) is 13.0. The van der Waals surface area contributed by atoms with Gasteiger partial charge in [0.25, 0.3) is 0 Å². The van der Waals surface area contributed by atoms with Gasteiger partial charge in [-0.3, -0.25) is 0 Å². The highest BCUT2D eigenvalue weighted by Crippen LogP contribution is 2.72. The smallest absolute Gasteiger partial charge is 0.0148 e. The van der Waals surface area contributed by atoms with Crippen LogP contribution >= 0.6 is 17.2 Å². The lowest BCUT2D eigenvalue weighted by Crippen LogP contribution is -2.48. The fourth-order valence-corrected chi connectivity index (χ4v) is 6.89. The molecule has 0 aromatic heterocycles. The van der Waals surface area contributed by atoms with Crippen molar-refractivity contribution in [2.45, 2.75) is 72.4 Å². The molecule has 0 saturated heterocycles. The molecule has 2 unspecified atom stereocenters. The molecule has 2 heteroatoms. The van der Waals surface area contributed by atoms with Gasteiger partial charge in [-0.2, -0.15) is 0 Å². The third kappa shape index (κ3) is 3.00. The van der Waals surface area contributed by atoms with Crippen LogP contribution in [0.5, 0.6) is 0 Å². The summed E-state index contributed by atoms with van der Waals surface area (Å²) in [5.41, 5.74) is 0.618. The average Bonchev–Trinajstić information content (AvgIpc) is 1.95. The van der Waals surface area contributed by atoms with Gasteiger partial charge in [0.2, 0.25) is 0 Å². The molecule has 0 aliphatic rings. The van der Waals surface area contributed by atoms with Crippen LogP contribution in [0.4, 0.5) is 0 Å². The molecule has 0 N–H and O–H groups in total. The van der Waals surface area contributed by atoms with Gasteiger partial charge in [-0.1, -0.05) is 70.2 Å². The lowest BCUT2D eigenvalue weighted by molar-refractivity contribution is 0.212. The fraction of sp³-hybridized carbons (Fsp3) is 1.00. The molecule has 0 saturated carbocycles. The molecule has 0 aromatic rings. The predicted octanol–water partition coefficient (Wildman–Crippen LogP) is 5.56. The Morgan fingerprint density at radius 3 is 1.00 bits per heavy atom. The molecule has 0 heterocycles. The second-order valence-corrected chi connectivity index (χ2v) is 12.5. The van der Waals surface area contributed by atoms with E-state index in [2.05, 4.69) is 78.2 Å². The number of rotatable bonds is 1. The minimum Gasteiger partial charge on any atom is -0.125 e. The molecule has 0 aromatic carbocycles. The van der Waals surface area contributed by atoms with E-state index in [1.54, 1.807) is 0 Å². The first kappa shape index (κ1) is 16.9. The molecule has 16 heavy (non-hydrogen) atoms. The van der Waals surface area contributed by atoms with Crippen LogP contribution in [-0.4, -0.2) is 16.7 Å². The summed E-state index contributed by atoms with van der Waals surface area (Å²) in [6, 6.07) is 0. The third-order valence-corrected chi connectivity index (χ3v) is 11.1. The van der Waals surface area contributed by atoms with E-state index in [0.29, 0.717) is 20.9 Å². The van der Waals surface area contributed by atoms with Crippen LogP contribution in [0.1, 0.15) is 62.3 Å². The number of hydrogen-bond acceptors (Lipinski definition) is 0. The van der Waals surface area contributed by atoms with E-state index in [1.807, 2.05) is 0 Å². The van der Waals surface area contributed by atoms with E-state index < -0.39 is 0 Å². The van der Waals surface area contributed by atoms with Crippen LogP contribution in [0.3, 0.4) is 0 Å². The van der Waals surface area contributed by atoms with Crippen molar-refractivity contribution >= 4 is 17.2 Å². The van der Waals surface area contributed by atoms with Crippen molar-refractivity contribution in [2.24, 2.45) is 10.8 Å². The van der Waals surface area contributed by atoms with Gasteiger partial charge >= 0.3 is 0 Å². The van der Waals surface area contributed by atoms with Crippen molar-refractivity contribution < 1.29 is 0 Å². The Hall–Kier alpha value is 0.860. The maximum atomic E-state index is 3.24. The van der Waals surface area contributed by atoms with E-state index >= 15 is 0 Å². The lowest BCUT2D eigenvalue weighted by atomic mass is 9.76. The third-order valence-electron chi connectivity index (χ3n) is 3.82. The molecule has 0 fully saturated rings. The summed E-state index contributed by atoms with van der Waals surface area (Å²) < 4.78 is 0. The highest BCUT2D eigenvalue weighted by atomic mass is 31.2. The molecular weight excluding hydrogens is 230 g/mol. The monoisotopic (exact) mass is 262 g/mol. The van der Waals surface area contributed by atoms with E-state index in [4.69, 9.17) is 0 Å². The molecular formula is C14H32P2. The largest absolute Gasteiger partial charge is 0.125 e. The van der Waals surface area contributed by atoms with Gasteiger partial charge in [0, 0.05) is 4.90 Å². The van der Waals surface area contributed by atoms with Crippen LogP contribution in [-0.2, 0) is 0 Å². The molecule has 0 radical (unpaired) electrons. The van der Waals surface area contributed by atoms with Crippen molar-refractivity contribution in [3.63, 3.8) is 0 Å². The van der Waals surface area contributed by atoms with E-state index in [1.165, 1.54) is 0 Å². The predicted molar refractivity (Wildman–Crippen MR) is 83.9 cm³/mol. The van der Waals surface area contributed by atoms with Crippen molar-refractivity contribution in [3.8, 4) is 0 Å². The van der Waals surface area contributed by atoms with E-state index in [0.717, 1.165) is 0 Å². The average molecular weight is 262 g/mol. The normalized spacial score (nSPS) is 17.4. The van der Waals surface area contributed by atoms with Crippen molar-refractivity contribution in [2.75, 3.05) is 6.66 Å². The standard InChI is InChI=1S/C14H32P2/c1-11(2,3)14(15,12(4,5)6)16(10)13(7,8)9/h15H2,1-10H3. The van der Waals surface area contributed by atoms with Crippen LogP contribution in [0.25, 0.3) is 0 Å². The van der Waals surface area contributed by atoms with Gasteiger partial charge < -0.3 is 0 Å². The van der Waals surface area contributed by atoms with Crippen molar-refractivity contribution in [1.82, 2.24) is 0 Å². The quantitative estimate of drug-likeness (QED) is 0.543. The molecule has 0 amide bonds. The van der Waals surface area contributed by atoms with Gasteiger partial charge in [0.15, 0.2) is 0 Å². The lowest BCUT2D eigenvalue weighted by Gasteiger charge is -2.58. The number of hydrogen-bond donors (Lipinski definition) is 0. The summed E-state index contributed by atoms with van der Waals surface area (Å²) in [5.74, 6) is 0. The van der Waals surface area contributed by atoms with Gasteiger partial charge in [-0.25, -0.2) is 0 Å². The Morgan fingerprint density at radius 2 is 0.938 bits per heavy atom. The highest BCUT2D eigenvalue weighted by Gasteiger charge is 2.53. The van der Waals surface area contributed by atoms with Crippen LogP contribution in [0, 0.1) is 10.8 Å². The van der Waals surface area contributed by atoms with Gasteiger partial charge in [0.1, 0.15) is 0 Å². The second kappa shape index (κ2) is 4.51. The minimum absolute atomic E-state index is 0.0802. The summed E-state index contributed by atoms with van der Waals surface area (Å²) in [4.78, 5) is 0.299. The topological polar surface area (TPSA) is 0 Å². The molecule has 0 aliphatic carbocycles. The van der Waals surface area contributed by atoms with E-state index in [-0.39, 0.29) is 7.92 Å². The van der Waals surface area contributed by atoms with Crippen LogP contribution in [0.2, 0.25) is 0 Å². The summed E-state index contributed by atoms with van der Waals surface area (Å²) in [7, 11) is 3.16. The van der Waals surface area contributed by atoms with E-state index in [9.17, 15) is 0 Å². The van der Waals surface area contributed by atoms with Gasteiger partial charge in [-0.15, -0.1) is 9.24 Å². The molecule has 0 aliphatic heterocycles. The second-order valence-electron chi connectivity index (χ2n) is 8.00. The molecule has 0 rings (SSSR count). The van der Waals surface area contributed by atoms with Gasteiger partial charge in [-0.05, 0) is 22.7 Å². The molecule has 98 valence electrons. The minimum atomic E-state index is -0.0802. The highest BCUT2D eigenvalue weighted by molar-refractivity contribution is 7.67. The van der Waals surface area contributed by atoms with Gasteiger partial charge in [0.05, 0.1) is 0 Å². The van der Waals surface area contributed by atoms with Crippen LogP contribution in [0.15, 0.2) is 0 Å². The SMILES string of the molecule is CP(C(C)(C)C)C(P)(C(C)(C)C)C(C)(C)C. The van der Waals surface area contributed by atoms with Crippen molar-refractivity contribution in [3.05, 3.63) is 0 Å². The first-order chi connectivity index (χ1) is 6.65. The summed E-state index contributed by atoms with van der Waals surface area (Å²) in [6.45, 7) is 23.9. The zero-order valence-corrected chi connectivity index (χ0v) is 15.1. The first-order valence-corrected chi connectivity index (χ1v) is 8.55. The molecule has 2 atom stereocenters. The Morgan fingerprint density at radius 1 is 0.688 bits per heavy atom. The molecule has 0 spiro atoms.